The number of aldehydes is 1. The quantitative estimate of drug-likeness (QED) is 0.361. The summed E-state index contributed by atoms with van der Waals surface area (Å²) >= 11 is 0. The molecule has 0 amide bonds. The van der Waals surface area contributed by atoms with Crippen molar-refractivity contribution in [1.82, 2.24) is 0 Å². The minimum atomic E-state index is -1.01. The van der Waals surface area contributed by atoms with Crippen LogP contribution < -0.4 is 0 Å². The van der Waals surface area contributed by atoms with Crippen molar-refractivity contribution in [3.63, 3.8) is 0 Å². The maximum Gasteiger partial charge on any atom is 0.320 e. The van der Waals surface area contributed by atoms with Crippen LogP contribution in [0, 0.1) is 11.8 Å². The summed E-state index contributed by atoms with van der Waals surface area (Å²) in [5, 5.41) is 0. The van der Waals surface area contributed by atoms with E-state index in [1.165, 1.54) is 14.2 Å². The van der Waals surface area contributed by atoms with E-state index in [4.69, 9.17) is 0 Å². The van der Waals surface area contributed by atoms with Crippen LogP contribution in [-0.4, -0.2) is 32.4 Å². The molecule has 0 aromatic heterocycles. The molecule has 0 heterocycles. The Morgan fingerprint density at radius 3 is 1.93 bits per heavy atom. The molecular weight excluding hydrogens is 188 g/mol. The molecule has 5 heteroatoms. The van der Waals surface area contributed by atoms with E-state index in [1.807, 2.05) is 0 Å². The molecule has 0 spiro atoms. The van der Waals surface area contributed by atoms with Gasteiger partial charge < -0.3 is 14.3 Å². The van der Waals surface area contributed by atoms with Gasteiger partial charge in [-0.3, -0.25) is 9.59 Å². The largest absolute Gasteiger partial charge is 0.468 e. The lowest BCUT2D eigenvalue weighted by Gasteiger charge is -2.13. The van der Waals surface area contributed by atoms with Crippen LogP contribution >= 0.6 is 0 Å². The van der Waals surface area contributed by atoms with Crippen molar-refractivity contribution in [2.75, 3.05) is 14.2 Å². The Labute approximate surface area is 82.4 Å². The van der Waals surface area contributed by atoms with Gasteiger partial charge in [0.15, 0.2) is 5.92 Å². The summed E-state index contributed by atoms with van der Waals surface area (Å²) in [4.78, 5) is 32.6. The number of rotatable bonds is 5. The molecule has 1 atom stereocenters. The molecule has 0 fully saturated rings. The summed E-state index contributed by atoms with van der Waals surface area (Å²) in [5.74, 6) is -2.74. The minimum Gasteiger partial charge on any atom is -0.468 e. The smallest absolute Gasteiger partial charge is 0.320 e. The van der Waals surface area contributed by atoms with E-state index in [0.717, 1.165) is 0 Å². The average molecular weight is 202 g/mol. The first kappa shape index (κ1) is 12.6. The molecule has 0 aliphatic rings. The average Bonchev–Trinajstić information content (AvgIpc) is 2.23. The van der Waals surface area contributed by atoms with Gasteiger partial charge in [-0.15, -0.1) is 0 Å². The van der Waals surface area contributed by atoms with Crippen molar-refractivity contribution in [3.8, 4) is 0 Å². The Balaban J connectivity index is 4.47. The van der Waals surface area contributed by atoms with E-state index >= 15 is 0 Å². The lowest BCUT2D eigenvalue weighted by molar-refractivity contribution is -0.159. The van der Waals surface area contributed by atoms with Crippen molar-refractivity contribution in [1.29, 1.82) is 0 Å². The zero-order valence-electron chi connectivity index (χ0n) is 8.48. The number of methoxy groups -OCH3 is 2. The third kappa shape index (κ3) is 3.55. The molecule has 0 saturated carbocycles. The third-order valence-corrected chi connectivity index (χ3v) is 1.81. The van der Waals surface area contributed by atoms with Gasteiger partial charge in [0.1, 0.15) is 6.29 Å². The van der Waals surface area contributed by atoms with Crippen molar-refractivity contribution in [2.24, 2.45) is 11.8 Å². The normalized spacial score (nSPS) is 12.0. The van der Waals surface area contributed by atoms with Gasteiger partial charge in [0, 0.05) is 5.92 Å². The molecule has 80 valence electrons. The highest BCUT2D eigenvalue weighted by Gasteiger charge is 2.29. The molecule has 0 radical (unpaired) electrons. The monoisotopic (exact) mass is 202 g/mol. The second kappa shape index (κ2) is 6.12. The summed E-state index contributed by atoms with van der Waals surface area (Å²) in [6, 6.07) is 0. The van der Waals surface area contributed by atoms with E-state index in [-0.39, 0.29) is 12.3 Å². The van der Waals surface area contributed by atoms with Crippen molar-refractivity contribution in [2.45, 2.75) is 13.3 Å². The van der Waals surface area contributed by atoms with Crippen LogP contribution in [-0.2, 0) is 23.9 Å². The van der Waals surface area contributed by atoms with Crippen LogP contribution in [0.3, 0.4) is 0 Å². The van der Waals surface area contributed by atoms with Crippen molar-refractivity contribution >= 4 is 18.2 Å². The lowest BCUT2D eigenvalue weighted by Crippen LogP contribution is -2.28. The number of hydrogen-bond acceptors (Lipinski definition) is 5. The van der Waals surface area contributed by atoms with Crippen LogP contribution in [0.2, 0.25) is 0 Å². The Bertz CT molecular complexity index is 207. The Hall–Kier alpha value is -1.39. The number of hydrogen-bond donors (Lipinski definition) is 0. The van der Waals surface area contributed by atoms with E-state index in [1.54, 1.807) is 6.92 Å². The second-order valence-corrected chi connectivity index (χ2v) is 2.95. The summed E-state index contributed by atoms with van der Waals surface area (Å²) in [7, 11) is 2.37. The second-order valence-electron chi connectivity index (χ2n) is 2.95. The van der Waals surface area contributed by atoms with Gasteiger partial charge in [-0.1, -0.05) is 6.92 Å². The van der Waals surface area contributed by atoms with Gasteiger partial charge in [0.25, 0.3) is 0 Å². The first-order chi connectivity index (χ1) is 6.56. The number of ether oxygens (including phenoxy) is 2. The first-order valence-electron chi connectivity index (χ1n) is 4.17. The molecule has 5 nitrogen and oxygen atoms in total. The van der Waals surface area contributed by atoms with Crippen LogP contribution in [0.5, 0.6) is 0 Å². The van der Waals surface area contributed by atoms with Gasteiger partial charge in [0.2, 0.25) is 0 Å². The van der Waals surface area contributed by atoms with Gasteiger partial charge >= 0.3 is 11.9 Å². The van der Waals surface area contributed by atoms with E-state index < -0.39 is 17.9 Å². The fourth-order valence-corrected chi connectivity index (χ4v) is 1.00. The standard InChI is InChI=1S/C9H14O5/c1-6(5-10)4-7(8(11)13-2)9(12)14-3/h5-7H,4H2,1-3H3. The highest BCUT2D eigenvalue weighted by atomic mass is 16.5. The van der Waals surface area contributed by atoms with Gasteiger partial charge in [-0.2, -0.15) is 0 Å². The summed E-state index contributed by atoms with van der Waals surface area (Å²) in [6.45, 7) is 1.62. The predicted octanol–water partition coefficient (Wildman–Crippen LogP) is 0.174. The molecule has 14 heavy (non-hydrogen) atoms. The highest BCUT2D eigenvalue weighted by molar-refractivity contribution is 5.95. The number of carbonyl (C=O) groups is 3. The molecule has 0 aromatic rings. The molecule has 0 aliphatic carbocycles. The molecule has 0 rings (SSSR count). The minimum absolute atomic E-state index is 0.114. The summed E-state index contributed by atoms with van der Waals surface area (Å²) in [6.07, 6.45) is 0.793. The molecule has 0 bridgehead atoms. The molecule has 0 aliphatic heterocycles. The molecule has 1 unspecified atom stereocenters. The zero-order chi connectivity index (χ0) is 11.1. The Kier molecular flexibility index (Phi) is 5.52. The number of esters is 2. The maximum absolute atomic E-state index is 11.1. The first-order valence-corrected chi connectivity index (χ1v) is 4.17. The van der Waals surface area contributed by atoms with E-state index in [0.29, 0.717) is 6.29 Å². The molecule has 0 N–H and O–H groups in total. The molecule has 0 aromatic carbocycles. The van der Waals surface area contributed by atoms with Gasteiger partial charge in [-0.25, -0.2) is 0 Å². The molecular formula is C9H14O5. The SMILES string of the molecule is COC(=O)C(CC(C)C=O)C(=O)OC. The number of carbonyl (C=O) groups excluding carboxylic acids is 3. The topological polar surface area (TPSA) is 69.7 Å². The van der Waals surface area contributed by atoms with Crippen LogP contribution in [0.4, 0.5) is 0 Å². The van der Waals surface area contributed by atoms with Crippen LogP contribution in [0.25, 0.3) is 0 Å². The highest BCUT2D eigenvalue weighted by Crippen LogP contribution is 2.13. The lowest BCUT2D eigenvalue weighted by atomic mass is 9.97. The van der Waals surface area contributed by atoms with E-state index in [2.05, 4.69) is 9.47 Å². The fraction of sp³-hybridized carbons (Fsp3) is 0.667. The Morgan fingerprint density at radius 2 is 1.64 bits per heavy atom. The predicted molar refractivity (Wildman–Crippen MR) is 47.4 cm³/mol. The fourth-order valence-electron chi connectivity index (χ4n) is 1.00. The van der Waals surface area contributed by atoms with Crippen molar-refractivity contribution < 1.29 is 23.9 Å². The Morgan fingerprint density at radius 1 is 1.21 bits per heavy atom. The van der Waals surface area contributed by atoms with Gasteiger partial charge in [-0.05, 0) is 6.42 Å². The van der Waals surface area contributed by atoms with Crippen LogP contribution in [0.15, 0.2) is 0 Å². The summed E-state index contributed by atoms with van der Waals surface area (Å²) in [5.41, 5.74) is 0. The molecule has 0 saturated heterocycles. The third-order valence-electron chi connectivity index (χ3n) is 1.81. The van der Waals surface area contributed by atoms with Gasteiger partial charge in [0.05, 0.1) is 14.2 Å². The zero-order valence-corrected chi connectivity index (χ0v) is 8.48. The van der Waals surface area contributed by atoms with E-state index in [9.17, 15) is 14.4 Å². The van der Waals surface area contributed by atoms with Crippen molar-refractivity contribution in [3.05, 3.63) is 0 Å². The van der Waals surface area contributed by atoms with Crippen LogP contribution in [0.1, 0.15) is 13.3 Å². The summed E-state index contributed by atoms with van der Waals surface area (Å²) < 4.78 is 8.85. The maximum atomic E-state index is 11.1.